The SMILES string of the molecule is CC(C)C(CC(=O)O)N1CCN(C)CC1. The van der Waals surface area contributed by atoms with E-state index in [1.807, 2.05) is 0 Å². The molecule has 0 amide bonds. The van der Waals surface area contributed by atoms with Crippen molar-refractivity contribution >= 4 is 5.97 Å². The maximum absolute atomic E-state index is 10.8. The highest BCUT2D eigenvalue weighted by Crippen LogP contribution is 2.16. The Labute approximate surface area is 91.9 Å². The molecule has 88 valence electrons. The minimum absolute atomic E-state index is 0.191. The van der Waals surface area contributed by atoms with E-state index in [2.05, 4.69) is 30.7 Å². The zero-order chi connectivity index (χ0) is 11.4. The topological polar surface area (TPSA) is 43.8 Å². The summed E-state index contributed by atoms with van der Waals surface area (Å²) in [4.78, 5) is 15.4. The van der Waals surface area contributed by atoms with Crippen molar-refractivity contribution < 1.29 is 9.90 Å². The molecule has 4 nitrogen and oxygen atoms in total. The Balaban J connectivity index is 2.52. The monoisotopic (exact) mass is 214 g/mol. The number of aliphatic carboxylic acids is 1. The first kappa shape index (κ1) is 12.5. The van der Waals surface area contributed by atoms with Crippen LogP contribution >= 0.6 is 0 Å². The van der Waals surface area contributed by atoms with Crippen molar-refractivity contribution in [1.82, 2.24) is 9.80 Å². The molecule has 0 aromatic carbocycles. The molecule has 0 spiro atoms. The summed E-state index contributed by atoms with van der Waals surface area (Å²) in [5.41, 5.74) is 0. The van der Waals surface area contributed by atoms with Gasteiger partial charge in [-0.2, -0.15) is 0 Å². The van der Waals surface area contributed by atoms with Gasteiger partial charge in [0, 0.05) is 32.2 Å². The average molecular weight is 214 g/mol. The Bertz CT molecular complexity index is 211. The molecule has 0 bridgehead atoms. The molecule has 1 fully saturated rings. The summed E-state index contributed by atoms with van der Waals surface area (Å²) >= 11 is 0. The van der Waals surface area contributed by atoms with Gasteiger partial charge in [0.05, 0.1) is 6.42 Å². The summed E-state index contributed by atoms with van der Waals surface area (Å²) in [5, 5.41) is 8.88. The minimum atomic E-state index is -0.687. The summed E-state index contributed by atoms with van der Waals surface area (Å²) in [6.45, 7) is 8.28. The molecule has 1 saturated heterocycles. The van der Waals surface area contributed by atoms with E-state index in [4.69, 9.17) is 5.11 Å². The van der Waals surface area contributed by atoms with Gasteiger partial charge in [-0.3, -0.25) is 9.69 Å². The fraction of sp³-hybridized carbons (Fsp3) is 0.909. The van der Waals surface area contributed by atoms with Crippen LogP contribution < -0.4 is 0 Å². The molecular formula is C11H22N2O2. The summed E-state index contributed by atoms with van der Waals surface area (Å²) in [7, 11) is 2.11. The van der Waals surface area contributed by atoms with Crippen LogP contribution in [0.25, 0.3) is 0 Å². The third kappa shape index (κ3) is 3.80. The predicted octanol–water partition coefficient (Wildman–Crippen LogP) is 0.733. The molecule has 1 aliphatic heterocycles. The van der Waals surface area contributed by atoms with Crippen molar-refractivity contribution in [2.24, 2.45) is 5.92 Å². The van der Waals surface area contributed by atoms with Crippen LogP contribution in [0.15, 0.2) is 0 Å². The molecule has 0 aromatic heterocycles. The zero-order valence-electron chi connectivity index (χ0n) is 9.94. The van der Waals surface area contributed by atoms with Crippen molar-refractivity contribution in [2.45, 2.75) is 26.3 Å². The molecule has 0 radical (unpaired) electrons. The van der Waals surface area contributed by atoms with Gasteiger partial charge in [-0.05, 0) is 13.0 Å². The molecule has 1 aliphatic rings. The normalized spacial score (nSPS) is 21.9. The molecule has 1 rings (SSSR count). The molecule has 0 saturated carbocycles. The van der Waals surface area contributed by atoms with E-state index in [9.17, 15) is 4.79 Å². The molecule has 1 unspecified atom stereocenters. The van der Waals surface area contributed by atoms with Crippen LogP contribution in [0, 0.1) is 5.92 Å². The molecule has 0 aliphatic carbocycles. The highest BCUT2D eigenvalue weighted by molar-refractivity contribution is 5.67. The van der Waals surface area contributed by atoms with Gasteiger partial charge in [0.2, 0.25) is 0 Å². The number of carboxylic acid groups (broad SMARTS) is 1. The molecule has 1 heterocycles. The minimum Gasteiger partial charge on any atom is -0.481 e. The second-order valence-corrected chi connectivity index (χ2v) is 4.75. The van der Waals surface area contributed by atoms with Crippen molar-refractivity contribution in [3.05, 3.63) is 0 Å². The smallest absolute Gasteiger partial charge is 0.304 e. The van der Waals surface area contributed by atoms with Gasteiger partial charge in [0.15, 0.2) is 0 Å². The summed E-state index contributed by atoms with van der Waals surface area (Å²) in [5.74, 6) is -0.280. The lowest BCUT2D eigenvalue weighted by Gasteiger charge is -2.39. The number of likely N-dealkylation sites (N-methyl/N-ethyl adjacent to an activating group) is 1. The van der Waals surface area contributed by atoms with E-state index < -0.39 is 5.97 Å². The lowest BCUT2D eigenvalue weighted by Crippen LogP contribution is -2.51. The standard InChI is InChI=1S/C11H22N2O2/c1-9(2)10(8-11(14)15)13-6-4-12(3)5-7-13/h9-10H,4-8H2,1-3H3,(H,14,15). The lowest BCUT2D eigenvalue weighted by molar-refractivity contribution is -0.139. The van der Waals surface area contributed by atoms with Gasteiger partial charge < -0.3 is 10.0 Å². The highest BCUT2D eigenvalue weighted by Gasteiger charge is 2.26. The van der Waals surface area contributed by atoms with Crippen LogP contribution in [-0.2, 0) is 4.79 Å². The van der Waals surface area contributed by atoms with Gasteiger partial charge in [-0.15, -0.1) is 0 Å². The molecule has 1 N–H and O–H groups in total. The molecular weight excluding hydrogens is 192 g/mol. The average Bonchev–Trinajstić information content (AvgIpc) is 2.15. The Morgan fingerprint density at radius 1 is 1.27 bits per heavy atom. The van der Waals surface area contributed by atoms with Crippen molar-refractivity contribution in [3.8, 4) is 0 Å². The van der Waals surface area contributed by atoms with Crippen LogP contribution in [-0.4, -0.2) is 60.1 Å². The second-order valence-electron chi connectivity index (χ2n) is 4.75. The van der Waals surface area contributed by atoms with E-state index in [0.29, 0.717) is 5.92 Å². The van der Waals surface area contributed by atoms with E-state index in [1.165, 1.54) is 0 Å². The van der Waals surface area contributed by atoms with Crippen molar-refractivity contribution in [3.63, 3.8) is 0 Å². The third-order valence-corrected chi connectivity index (χ3v) is 3.16. The van der Waals surface area contributed by atoms with Gasteiger partial charge in [0.25, 0.3) is 0 Å². The third-order valence-electron chi connectivity index (χ3n) is 3.16. The summed E-state index contributed by atoms with van der Waals surface area (Å²) in [6.07, 6.45) is 0.265. The maximum atomic E-state index is 10.8. The number of piperazine rings is 1. The lowest BCUT2D eigenvalue weighted by atomic mass is 9.98. The Morgan fingerprint density at radius 3 is 2.20 bits per heavy atom. The van der Waals surface area contributed by atoms with E-state index in [1.54, 1.807) is 0 Å². The number of hydrogen-bond acceptors (Lipinski definition) is 3. The van der Waals surface area contributed by atoms with E-state index >= 15 is 0 Å². The van der Waals surface area contributed by atoms with Gasteiger partial charge >= 0.3 is 5.97 Å². The number of carboxylic acids is 1. The Morgan fingerprint density at radius 2 is 1.80 bits per heavy atom. The summed E-state index contributed by atoms with van der Waals surface area (Å²) in [6, 6.07) is 0.191. The fourth-order valence-electron chi connectivity index (χ4n) is 2.12. The van der Waals surface area contributed by atoms with E-state index in [-0.39, 0.29) is 12.5 Å². The molecule has 0 aromatic rings. The van der Waals surface area contributed by atoms with Crippen LogP contribution in [0.1, 0.15) is 20.3 Å². The van der Waals surface area contributed by atoms with Crippen LogP contribution in [0.3, 0.4) is 0 Å². The van der Waals surface area contributed by atoms with Gasteiger partial charge in [0.1, 0.15) is 0 Å². The first-order valence-electron chi connectivity index (χ1n) is 5.65. The molecule has 1 atom stereocenters. The van der Waals surface area contributed by atoms with Gasteiger partial charge in [-0.1, -0.05) is 13.8 Å². The quantitative estimate of drug-likeness (QED) is 0.749. The number of rotatable bonds is 4. The number of hydrogen-bond donors (Lipinski definition) is 1. The number of nitrogens with zero attached hydrogens (tertiary/aromatic N) is 2. The Hall–Kier alpha value is -0.610. The molecule has 4 heteroatoms. The van der Waals surface area contributed by atoms with Gasteiger partial charge in [-0.25, -0.2) is 0 Å². The van der Waals surface area contributed by atoms with Crippen LogP contribution in [0.5, 0.6) is 0 Å². The van der Waals surface area contributed by atoms with Crippen LogP contribution in [0.2, 0.25) is 0 Å². The van der Waals surface area contributed by atoms with Crippen molar-refractivity contribution in [2.75, 3.05) is 33.2 Å². The first-order valence-corrected chi connectivity index (χ1v) is 5.65. The second kappa shape index (κ2) is 5.47. The molecule has 15 heavy (non-hydrogen) atoms. The first-order chi connectivity index (χ1) is 7.00. The Kier molecular flexibility index (Phi) is 4.54. The van der Waals surface area contributed by atoms with Crippen molar-refractivity contribution in [1.29, 1.82) is 0 Å². The van der Waals surface area contributed by atoms with E-state index in [0.717, 1.165) is 26.2 Å². The number of carbonyl (C=O) groups is 1. The largest absolute Gasteiger partial charge is 0.481 e. The van der Waals surface area contributed by atoms with Crippen LogP contribution in [0.4, 0.5) is 0 Å². The maximum Gasteiger partial charge on any atom is 0.304 e. The highest BCUT2D eigenvalue weighted by atomic mass is 16.4. The predicted molar refractivity (Wildman–Crippen MR) is 59.9 cm³/mol. The summed E-state index contributed by atoms with van der Waals surface area (Å²) < 4.78 is 0. The zero-order valence-corrected chi connectivity index (χ0v) is 9.94. The fourth-order valence-corrected chi connectivity index (χ4v) is 2.12.